The number of hydrogen-bond donors (Lipinski definition) is 1. The van der Waals surface area contributed by atoms with Crippen molar-refractivity contribution in [1.82, 2.24) is 5.32 Å². The van der Waals surface area contributed by atoms with Crippen LogP contribution in [0.25, 0.3) is 6.08 Å². The Balaban J connectivity index is 2.59. The quantitative estimate of drug-likeness (QED) is 0.772. The van der Waals surface area contributed by atoms with Gasteiger partial charge in [-0.25, -0.2) is 4.79 Å². The minimum atomic E-state index is -0.520. The number of amides is 1. The van der Waals surface area contributed by atoms with Crippen LogP contribution in [0.4, 0.5) is 4.79 Å². The zero-order valence-electron chi connectivity index (χ0n) is 11.5. The van der Waals surface area contributed by atoms with Crippen molar-refractivity contribution in [2.75, 3.05) is 6.54 Å². The summed E-state index contributed by atoms with van der Waals surface area (Å²) in [5.41, 5.74) is 0.0970. The molecule has 0 unspecified atom stereocenters. The summed E-state index contributed by atoms with van der Waals surface area (Å²) < 4.78 is 5.10. The Bertz CT molecular complexity index is 522. The Morgan fingerprint density at radius 1 is 1.25 bits per heavy atom. The lowest BCUT2D eigenvalue weighted by Gasteiger charge is -2.19. The molecule has 0 saturated heterocycles. The van der Waals surface area contributed by atoms with Crippen LogP contribution >= 0.6 is 34.8 Å². The lowest BCUT2D eigenvalue weighted by atomic mass is 10.2. The van der Waals surface area contributed by atoms with Crippen LogP contribution in [0.1, 0.15) is 26.3 Å². The van der Waals surface area contributed by atoms with Crippen molar-refractivity contribution in [1.29, 1.82) is 0 Å². The number of rotatable bonds is 3. The van der Waals surface area contributed by atoms with Gasteiger partial charge in [-0.1, -0.05) is 47.0 Å². The Morgan fingerprint density at radius 3 is 2.45 bits per heavy atom. The van der Waals surface area contributed by atoms with E-state index >= 15 is 0 Å². The van der Waals surface area contributed by atoms with Gasteiger partial charge in [0, 0.05) is 17.1 Å². The van der Waals surface area contributed by atoms with Gasteiger partial charge in [-0.15, -0.1) is 0 Å². The highest BCUT2D eigenvalue weighted by atomic mass is 35.5. The van der Waals surface area contributed by atoms with Crippen molar-refractivity contribution in [2.24, 2.45) is 0 Å². The van der Waals surface area contributed by atoms with Crippen LogP contribution in [-0.4, -0.2) is 18.2 Å². The molecule has 0 heterocycles. The van der Waals surface area contributed by atoms with Gasteiger partial charge < -0.3 is 10.1 Å². The molecule has 0 aliphatic carbocycles. The Hall–Kier alpha value is -0.900. The Morgan fingerprint density at radius 2 is 1.85 bits per heavy atom. The second-order valence-corrected chi connectivity index (χ2v) is 6.23. The van der Waals surface area contributed by atoms with E-state index < -0.39 is 11.7 Å². The molecule has 3 nitrogen and oxygen atoms in total. The zero-order chi connectivity index (χ0) is 15.3. The van der Waals surface area contributed by atoms with E-state index in [1.807, 2.05) is 0 Å². The molecule has 1 rings (SSSR count). The van der Waals surface area contributed by atoms with Crippen molar-refractivity contribution in [3.8, 4) is 0 Å². The number of carbonyl (C=O) groups excluding carboxylic acids is 1. The Kier molecular flexibility index (Phi) is 6.18. The van der Waals surface area contributed by atoms with Crippen LogP contribution in [0.3, 0.4) is 0 Å². The van der Waals surface area contributed by atoms with Crippen LogP contribution < -0.4 is 5.32 Å². The van der Waals surface area contributed by atoms with Crippen molar-refractivity contribution >= 4 is 47.0 Å². The highest BCUT2D eigenvalue weighted by molar-refractivity contribution is 6.44. The smallest absolute Gasteiger partial charge is 0.407 e. The average molecular weight is 337 g/mol. The molecule has 0 bridgehead atoms. The number of halogens is 3. The topological polar surface area (TPSA) is 38.3 Å². The molecule has 0 aliphatic heterocycles. The molecule has 1 aromatic rings. The Labute approximate surface area is 133 Å². The third-order valence-electron chi connectivity index (χ3n) is 2.13. The van der Waals surface area contributed by atoms with Crippen LogP contribution in [-0.2, 0) is 4.74 Å². The van der Waals surface area contributed by atoms with E-state index in [0.29, 0.717) is 27.2 Å². The summed E-state index contributed by atoms with van der Waals surface area (Å²) >= 11 is 18.0. The average Bonchev–Trinajstić information content (AvgIpc) is 2.31. The maximum Gasteiger partial charge on any atom is 0.407 e. The molecule has 1 aromatic carbocycles. The molecule has 20 heavy (non-hydrogen) atoms. The number of nitrogens with one attached hydrogen (secondary N) is 1. The van der Waals surface area contributed by atoms with E-state index in [2.05, 4.69) is 5.32 Å². The number of alkyl carbamates (subject to hydrolysis) is 1. The normalized spacial score (nSPS) is 11.7. The van der Waals surface area contributed by atoms with Crippen LogP contribution in [0.15, 0.2) is 18.2 Å². The van der Waals surface area contributed by atoms with Crippen LogP contribution in [0.2, 0.25) is 15.1 Å². The first kappa shape index (κ1) is 17.2. The highest BCUT2D eigenvalue weighted by Gasteiger charge is 2.15. The van der Waals surface area contributed by atoms with E-state index in [9.17, 15) is 4.79 Å². The van der Waals surface area contributed by atoms with Crippen molar-refractivity contribution in [2.45, 2.75) is 26.4 Å². The molecule has 0 aromatic heterocycles. The third kappa shape index (κ3) is 5.61. The molecular formula is C14H16Cl3NO2. The first-order valence-corrected chi connectivity index (χ1v) is 7.11. The fourth-order valence-electron chi connectivity index (χ4n) is 1.33. The van der Waals surface area contributed by atoms with Crippen molar-refractivity contribution in [3.05, 3.63) is 38.8 Å². The molecule has 0 radical (unpaired) electrons. The van der Waals surface area contributed by atoms with Crippen LogP contribution in [0.5, 0.6) is 0 Å². The molecule has 0 saturated carbocycles. The molecule has 1 amide bonds. The van der Waals surface area contributed by atoms with Crippen molar-refractivity contribution < 1.29 is 9.53 Å². The summed E-state index contributed by atoms with van der Waals surface area (Å²) in [6, 6.07) is 3.29. The van der Waals surface area contributed by atoms with Gasteiger partial charge in [0.25, 0.3) is 0 Å². The van der Waals surface area contributed by atoms with E-state index in [1.54, 1.807) is 45.1 Å². The number of hydrogen-bond acceptors (Lipinski definition) is 2. The lowest BCUT2D eigenvalue weighted by molar-refractivity contribution is 0.0534. The fraction of sp³-hybridized carbons (Fsp3) is 0.357. The SMILES string of the molecule is CC(C)(C)OC(=O)NCC=Cc1c(Cl)ccc(Cl)c1Cl. The summed E-state index contributed by atoms with van der Waals surface area (Å²) in [6.45, 7) is 5.70. The fourth-order valence-corrected chi connectivity index (χ4v) is 1.99. The van der Waals surface area contributed by atoms with E-state index in [1.165, 1.54) is 0 Å². The molecule has 0 spiro atoms. The predicted octanol–water partition coefficient (Wildman–Crippen LogP) is 5.18. The van der Waals surface area contributed by atoms with Gasteiger partial charge in [0.15, 0.2) is 0 Å². The molecule has 6 heteroatoms. The predicted molar refractivity (Wildman–Crippen MR) is 84.7 cm³/mol. The largest absolute Gasteiger partial charge is 0.444 e. The molecule has 1 N–H and O–H groups in total. The minimum Gasteiger partial charge on any atom is -0.444 e. The minimum absolute atomic E-state index is 0.300. The lowest BCUT2D eigenvalue weighted by Crippen LogP contribution is -2.32. The summed E-state index contributed by atoms with van der Waals surface area (Å²) in [5, 5.41) is 3.90. The highest BCUT2D eigenvalue weighted by Crippen LogP contribution is 2.32. The number of benzene rings is 1. The van der Waals surface area contributed by atoms with Gasteiger partial charge in [0.1, 0.15) is 5.60 Å². The summed E-state index contributed by atoms with van der Waals surface area (Å²) in [6.07, 6.45) is 2.94. The monoisotopic (exact) mass is 335 g/mol. The van der Waals surface area contributed by atoms with Gasteiger partial charge >= 0.3 is 6.09 Å². The molecule has 110 valence electrons. The third-order valence-corrected chi connectivity index (χ3v) is 3.28. The second-order valence-electron chi connectivity index (χ2n) is 5.04. The van der Waals surface area contributed by atoms with Crippen molar-refractivity contribution in [3.63, 3.8) is 0 Å². The molecule has 0 fully saturated rings. The standard InChI is InChI=1S/C14H16Cl3NO2/c1-14(2,3)20-13(19)18-8-4-5-9-10(15)6-7-11(16)12(9)17/h4-7H,8H2,1-3H3,(H,18,19). The van der Waals surface area contributed by atoms with Gasteiger partial charge in [0.2, 0.25) is 0 Å². The molecule has 0 aliphatic rings. The van der Waals surface area contributed by atoms with E-state index in [0.717, 1.165) is 0 Å². The summed E-state index contributed by atoms with van der Waals surface area (Å²) in [7, 11) is 0. The maximum atomic E-state index is 11.4. The summed E-state index contributed by atoms with van der Waals surface area (Å²) in [4.78, 5) is 11.4. The van der Waals surface area contributed by atoms with E-state index in [-0.39, 0.29) is 0 Å². The van der Waals surface area contributed by atoms with Gasteiger partial charge in [-0.3, -0.25) is 0 Å². The first-order chi connectivity index (χ1) is 9.20. The molecule has 0 atom stereocenters. The maximum absolute atomic E-state index is 11.4. The first-order valence-electron chi connectivity index (χ1n) is 5.97. The zero-order valence-corrected chi connectivity index (χ0v) is 13.7. The number of ether oxygens (including phenoxy) is 1. The van der Waals surface area contributed by atoms with E-state index in [4.69, 9.17) is 39.5 Å². The van der Waals surface area contributed by atoms with Crippen LogP contribution in [0, 0.1) is 0 Å². The van der Waals surface area contributed by atoms with Gasteiger partial charge in [-0.2, -0.15) is 0 Å². The van der Waals surface area contributed by atoms with Gasteiger partial charge in [-0.05, 0) is 32.9 Å². The summed E-state index contributed by atoms with van der Waals surface area (Å²) in [5.74, 6) is 0. The molecular weight excluding hydrogens is 321 g/mol. The second kappa shape index (κ2) is 7.21. The van der Waals surface area contributed by atoms with Gasteiger partial charge in [0.05, 0.1) is 10.0 Å². The number of carbonyl (C=O) groups is 1.